The van der Waals surface area contributed by atoms with Gasteiger partial charge in [-0.05, 0) is 61.7 Å². The van der Waals surface area contributed by atoms with E-state index in [1.807, 2.05) is 18.2 Å². The zero-order chi connectivity index (χ0) is 25.3. The first-order chi connectivity index (χ1) is 17.3. The molecule has 2 unspecified atom stereocenters. The second kappa shape index (κ2) is 10.8. The van der Waals surface area contributed by atoms with Crippen molar-refractivity contribution in [2.45, 2.75) is 37.5 Å². The van der Waals surface area contributed by atoms with Crippen LogP contribution in [0.2, 0.25) is 10.0 Å². The van der Waals surface area contributed by atoms with Crippen LogP contribution in [0.15, 0.2) is 30.3 Å². The van der Waals surface area contributed by atoms with E-state index < -0.39 is 16.9 Å². The summed E-state index contributed by atoms with van der Waals surface area (Å²) < 4.78 is 39.5. The van der Waals surface area contributed by atoms with E-state index in [1.54, 1.807) is 0 Å². The predicted molar refractivity (Wildman–Crippen MR) is 138 cm³/mol. The van der Waals surface area contributed by atoms with Crippen LogP contribution in [0.3, 0.4) is 0 Å². The number of nitrogens with one attached hydrogen (secondary N) is 4. The summed E-state index contributed by atoms with van der Waals surface area (Å²) in [6.07, 6.45) is -1.35. The molecule has 11 heteroatoms. The van der Waals surface area contributed by atoms with Crippen molar-refractivity contribution in [3.63, 3.8) is 0 Å². The first kappa shape index (κ1) is 25.6. The Morgan fingerprint density at radius 2 is 2.00 bits per heavy atom. The number of hydrogen-bond donors (Lipinski definition) is 4. The number of pyridine rings is 1. The number of anilines is 1. The van der Waals surface area contributed by atoms with E-state index in [2.05, 4.69) is 30.8 Å². The van der Waals surface area contributed by atoms with Gasteiger partial charge in [-0.15, -0.1) is 0 Å². The van der Waals surface area contributed by atoms with Gasteiger partial charge < -0.3 is 20.9 Å². The Hall–Kier alpha value is -2.04. The van der Waals surface area contributed by atoms with Crippen LogP contribution < -0.4 is 16.0 Å². The van der Waals surface area contributed by atoms with Crippen molar-refractivity contribution in [2.24, 2.45) is 0 Å². The maximum absolute atomic E-state index is 13.2. The molecule has 3 aromatic rings. The van der Waals surface area contributed by atoms with Gasteiger partial charge in [0.25, 0.3) is 0 Å². The summed E-state index contributed by atoms with van der Waals surface area (Å²) in [6, 6.07) is 9.21. The van der Waals surface area contributed by atoms with Crippen LogP contribution in [0.5, 0.6) is 0 Å². The van der Waals surface area contributed by atoms with E-state index in [9.17, 15) is 13.2 Å². The predicted octanol–water partition coefficient (Wildman–Crippen LogP) is 5.24. The van der Waals surface area contributed by atoms with Gasteiger partial charge in [-0.1, -0.05) is 23.2 Å². The topological polar surface area (TPSA) is 68.0 Å². The first-order valence-corrected chi connectivity index (χ1v) is 13.0. The van der Waals surface area contributed by atoms with Crippen LogP contribution in [0.4, 0.5) is 19.0 Å². The van der Waals surface area contributed by atoms with Gasteiger partial charge in [0.15, 0.2) is 5.69 Å². The normalized spacial score (nSPS) is 20.7. The van der Waals surface area contributed by atoms with Crippen LogP contribution in [0, 0.1) is 0 Å². The van der Waals surface area contributed by atoms with Crippen LogP contribution in [0.25, 0.3) is 10.9 Å². The molecular weight excluding hydrogens is 512 g/mol. The van der Waals surface area contributed by atoms with Crippen LogP contribution in [0.1, 0.15) is 35.8 Å². The summed E-state index contributed by atoms with van der Waals surface area (Å²) in [4.78, 5) is 9.66. The van der Waals surface area contributed by atoms with E-state index >= 15 is 0 Å². The van der Waals surface area contributed by atoms with Gasteiger partial charge in [0, 0.05) is 60.4 Å². The summed E-state index contributed by atoms with van der Waals surface area (Å²) in [5.74, 6) is 0.159. The lowest BCUT2D eigenvalue weighted by Crippen LogP contribution is -2.44. The number of nitrogens with zero attached hydrogens (tertiary/aromatic N) is 2. The van der Waals surface area contributed by atoms with Crippen molar-refractivity contribution in [1.82, 2.24) is 25.5 Å². The van der Waals surface area contributed by atoms with Gasteiger partial charge in [0.2, 0.25) is 0 Å². The van der Waals surface area contributed by atoms with E-state index in [1.165, 1.54) is 36.2 Å². The SMILES string of the molecule is FC(F)(F)c1nc(NCCN2CCc3c([nH]c4ccc(Cl)cc34)C2CNCC2CCCN2)ccc1Cl. The van der Waals surface area contributed by atoms with Crippen molar-refractivity contribution < 1.29 is 13.2 Å². The highest BCUT2D eigenvalue weighted by Gasteiger charge is 2.35. The number of benzene rings is 1. The Labute approximate surface area is 217 Å². The number of aromatic amines is 1. The van der Waals surface area contributed by atoms with E-state index in [0.29, 0.717) is 24.2 Å². The number of halogens is 5. The van der Waals surface area contributed by atoms with Crippen LogP contribution in [-0.4, -0.2) is 60.2 Å². The van der Waals surface area contributed by atoms with Gasteiger partial charge in [-0.25, -0.2) is 4.98 Å². The van der Waals surface area contributed by atoms with Crippen molar-refractivity contribution in [1.29, 1.82) is 0 Å². The number of rotatable bonds is 8. The minimum atomic E-state index is -4.60. The fourth-order valence-electron chi connectivity index (χ4n) is 5.28. The molecule has 4 heterocycles. The van der Waals surface area contributed by atoms with Gasteiger partial charge in [-0.3, -0.25) is 4.90 Å². The highest BCUT2D eigenvalue weighted by molar-refractivity contribution is 6.31. The second-order valence-electron chi connectivity index (χ2n) is 9.41. The Bertz CT molecular complexity index is 1210. The summed E-state index contributed by atoms with van der Waals surface area (Å²) in [5.41, 5.74) is 2.46. The average Bonchev–Trinajstić information content (AvgIpc) is 3.48. The number of H-pyrrole nitrogens is 1. The number of alkyl halides is 3. The molecule has 2 aromatic heterocycles. The Balaban J connectivity index is 1.30. The van der Waals surface area contributed by atoms with Crippen LogP contribution >= 0.6 is 23.2 Å². The zero-order valence-electron chi connectivity index (χ0n) is 19.7. The van der Waals surface area contributed by atoms with E-state index in [-0.39, 0.29) is 11.9 Å². The lowest BCUT2D eigenvalue weighted by Gasteiger charge is -2.36. The molecule has 4 N–H and O–H groups in total. The van der Waals surface area contributed by atoms with Crippen molar-refractivity contribution >= 4 is 39.9 Å². The molecule has 2 aliphatic heterocycles. The molecule has 6 nitrogen and oxygen atoms in total. The molecule has 36 heavy (non-hydrogen) atoms. The smallest absolute Gasteiger partial charge is 0.369 e. The van der Waals surface area contributed by atoms with Crippen molar-refractivity contribution in [3.05, 3.63) is 57.3 Å². The second-order valence-corrected chi connectivity index (χ2v) is 10.3. The van der Waals surface area contributed by atoms with Gasteiger partial charge >= 0.3 is 6.18 Å². The third-order valence-electron chi connectivity index (χ3n) is 7.03. The molecule has 0 spiro atoms. The van der Waals surface area contributed by atoms with Gasteiger partial charge in [0.1, 0.15) is 5.82 Å². The van der Waals surface area contributed by atoms with E-state index in [0.717, 1.165) is 43.5 Å². The molecule has 1 fully saturated rings. The Morgan fingerprint density at radius 1 is 1.14 bits per heavy atom. The van der Waals surface area contributed by atoms with E-state index in [4.69, 9.17) is 23.2 Å². The third kappa shape index (κ3) is 5.60. The highest BCUT2D eigenvalue weighted by Crippen LogP contribution is 2.36. The standard InChI is InChI=1S/C25H29Cl2F3N6/c26-15-3-5-20-18(12-15)17-7-10-36(21(23(17)34-20)14-31-13-16-2-1-8-32-16)11-9-33-22-6-4-19(27)24(35-22)25(28,29)30/h3-6,12,16,21,31-32,34H,1-2,7-11,13-14H2,(H,33,35). The number of fused-ring (bicyclic) bond motifs is 3. The number of hydrogen-bond acceptors (Lipinski definition) is 5. The minimum absolute atomic E-state index is 0.104. The zero-order valence-corrected chi connectivity index (χ0v) is 21.2. The molecule has 0 saturated carbocycles. The Kier molecular flexibility index (Phi) is 7.65. The van der Waals surface area contributed by atoms with Crippen molar-refractivity contribution in [3.8, 4) is 0 Å². The lowest BCUT2D eigenvalue weighted by atomic mass is 9.97. The fourth-order valence-corrected chi connectivity index (χ4v) is 5.66. The quantitative estimate of drug-likeness (QED) is 0.314. The molecule has 0 amide bonds. The molecule has 1 saturated heterocycles. The highest BCUT2D eigenvalue weighted by atomic mass is 35.5. The molecule has 2 atom stereocenters. The molecular formula is C25H29Cl2F3N6. The molecule has 0 aliphatic carbocycles. The molecule has 0 radical (unpaired) electrons. The minimum Gasteiger partial charge on any atom is -0.369 e. The fraction of sp³-hybridized carbons (Fsp3) is 0.480. The summed E-state index contributed by atoms with van der Waals surface area (Å²) in [5, 5.41) is 11.7. The molecule has 1 aromatic carbocycles. The molecule has 2 aliphatic rings. The lowest BCUT2D eigenvalue weighted by molar-refractivity contribution is -0.141. The summed E-state index contributed by atoms with van der Waals surface area (Å²) >= 11 is 12.0. The maximum atomic E-state index is 13.2. The number of aromatic nitrogens is 2. The molecule has 194 valence electrons. The molecule has 5 rings (SSSR count). The molecule has 0 bridgehead atoms. The monoisotopic (exact) mass is 540 g/mol. The van der Waals surface area contributed by atoms with Gasteiger partial charge in [0.05, 0.1) is 11.1 Å². The van der Waals surface area contributed by atoms with Crippen LogP contribution in [-0.2, 0) is 12.6 Å². The largest absolute Gasteiger partial charge is 0.434 e. The summed E-state index contributed by atoms with van der Waals surface area (Å²) in [6.45, 7) is 4.67. The van der Waals surface area contributed by atoms with Crippen molar-refractivity contribution in [2.75, 3.05) is 44.6 Å². The summed E-state index contributed by atoms with van der Waals surface area (Å²) in [7, 11) is 0. The van der Waals surface area contributed by atoms with Gasteiger partial charge in [-0.2, -0.15) is 13.2 Å². The first-order valence-electron chi connectivity index (χ1n) is 12.3. The average molecular weight is 541 g/mol. The Morgan fingerprint density at radius 3 is 2.78 bits per heavy atom. The third-order valence-corrected chi connectivity index (χ3v) is 7.57. The maximum Gasteiger partial charge on any atom is 0.434 e.